The van der Waals surface area contributed by atoms with E-state index < -0.39 is 0 Å². The second-order valence-electron chi connectivity index (χ2n) is 13.1. The van der Waals surface area contributed by atoms with Gasteiger partial charge in [-0.25, -0.2) is 0 Å². The SMILES string of the molecule is CC[C@H](CC[C@@H](C)[C@H]1C(=O)C[C@H]2[C@@H]3CCC4CC(=O)CC[C@]4(C)[C@H]3CC[C@]12C)C(C)C. The van der Waals surface area contributed by atoms with Gasteiger partial charge >= 0.3 is 0 Å². The first-order valence-electron chi connectivity index (χ1n) is 13.7. The van der Waals surface area contributed by atoms with E-state index in [1.165, 1.54) is 44.9 Å². The Kier molecular flexibility index (Phi) is 6.52. The summed E-state index contributed by atoms with van der Waals surface area (Å²) in [5, 5.41) is 0. The molecule has 9 atom stereocenters. The molecule has 0 bridgehead atoms. The van der Waals surface area contributed by atoms with Crippen molar-refractivity contribution < 1.29 is 9.59 Å². The molecule has 0 N–H and O–H groups in total. The van der Waals surface area contributed by atoms with E-state index in [9.17, 15) is 9.59 Å². The fraction of sp³-hybridized carbons (Fsp3) is 0.931. The van der Waals surface area contributed by atoms with Gasteiger partial charge in [0, 0.05) is 25.2 Å². The van der Waals surface area contributed by atoms with Gasteiger partial charge in [-0.1, -0.05) is 48.0 Å². The third-order valence-electron chi connectivity index (χ3n) is 11.4. The molecular formula is C29H48O2. The van der Waals surface area contributed by atoms with Crippen LogP contribution >= 0.6 is 0 Å². The Morgan fingerprint density at radius 2 is 1.65 bits per heavy atom. The molecule has 1 unspecified atom stereocenters. The lowest BCUT2D eigenvalue weighted by Gasteiger charge is -2.60. The zero-order chi connectivity index (χ0) is 22.6. The van der Waals surface area contributed by atoms with Gasteiger partial charge in [-0.05, 0) is 97.2 Å². The van der Waals surface area contributed by atoms with Crippen molar-refractivity contribution in [3.8, 4) is 0 Å². The van der Waals surface area contributed by atoms with Gasteiger partial charge in [-0.2, -0.15) is 0 Å². The molecule has 4 fully saturated rings. The summed E-state index contributed by atoms with van der Waals surface area (Å²) in [6.07, 6.45) is 12.3. The number of fused-ring (bicyclic) bond motifs is 5. The van der Waals surface area contributed by atoms with Gasteiger partial charge < -0.3 is 0 Å². The first kappa shape index (κ1) is 23.5. The molecule has 176 valence electrons. The van der Waals surface area contributed by atoms with Crippen LogP contribution < -0.4 is 0 Å². The predicted molar refractivity (Wildman–Crippen MR) is 128 cm³/mol. The van der Waals surface area contributed by atoms with E-state index in [-0.39, 0.29) is 11.3 Å². The summed E-state index contributed by atoms with van der Waals surface area (Å²) >= 11 is 0. The molecule has 0 heterocycles. The fourth-order valence-corrected chi connectivity index (χ4v) is 9.50. The molecule has 0 aromatic heterocycles. The van der Waals surface area contributed by atoms with E-state index in [1.807, 2.05) is 0 Å². The summed E-state index contributed by atoms with van der Waals surface area (Å²) in [4.78, 5) is 25.6. The lowest BCUT2D eigenvalue weighted by atomic mass is 9.44. The monoisotopic (exact) mass is 428 g/mol. The number of ketones is 2. The molecule has 0 aromatic carbocycles. The maximum atomic E-state index is 13.5. The Hall–Kier alpha value is -0.660. The highest BCUT2D eigenvalue weighted by Crippen LogP contribution is 2.67. The van der Waals surface area contributed by atoms with E-state index in [0.29, 0.717) is 40.7 Å². The number of rotatable bonds is 6. The molecule has 4 aliphatic carbocycles. The Balaban J connectivity index is 1.50. The molecule has 2 nitrogen and oxygen atoms in total. The number of hydrogen-bond acceptors (Lipinski definition) is 2. The number of carbonyl (C=O) groups excluding carboxylic acids is 2. The Morgan fingerprint density at radius 3 is 2.32 bits per heavy atom. The number of Topliss-reactive ketones (excluding diaryl/α,β-unsaturated/α-hetero) is 2. The smallest absolute Gasteiger partial charge is 0.137 e. The largest absolute Gasteiger partial charge is 0.300 e. The molecule has 0 aliphatic heterocycles. The summed E-state index contributed by atoms with van der Waals surface area (Å²) in [6, 6.07) is 0. The third-order valence-corrected chi connectivity index (χ3v) is 11.4. The summed E-state index contributed by atoms with van der Waals surface area (Å²) in [7, 11) is 0. The molecule has 0 radical (unpaired) electrons. The standard InChI is InChI=1S/C29H48O2/c1-7-20(18(2)3)9-8-19(4)27-26(31)17-25-23-11-10-21-16-22(30)12-14-28(21,5)24(23)13-15-29(25,27)6/h18-21,23-25,27H,7-17H2,1-6H3/t19-,20-,21?,23-,24+,25+,27+,28+,29+/m1/s1. The molecule has 0 amide bonds. The van der Waals surface area contributed by atoms with Crippen LogP contribution in [0.2, 0.25) is 0 Å². The van der Waals surface area contributed by atoms with E-state index in [2.05, 4.69) is 41.5 Å². The molecule has 0 saturated heterocycles. The first-order valence-corrected chi connectivity index (χ1v) is 13.7. The predicted octanol–water partition coefficient (Wildman–Crippen LogP) is 7.49. The fourth-order valence-electron chi connectivity index (χ4n) is 9.50. The van der Waals surface area contributed by atoms with Gasteiger partial charge in [0.2, 0.25) is 0 Å². The summed E-state index contributed by atoms with van der Waals surface area (Å²) in [5.74, 6) is 6.08. The molecule has 31 heavy (non-hydrogen) atoms. The van der Waals surface area contributed by atoms with Crippen LogP contribution in [-0.4, -0.2) is 11.6 Å². The van der Waals surface area contributed by atoms with Crippen molar-refractivity contribution in [3.05, 3.63) is 0 Å². The maximum absolute atomic E-state index is 13.5. The molecule has 2 heteroatoms. The van der Waals surface area contributed by atoms with Crippen molar-refractivity contribution in [1.82, 2.24) is 0 Å². The van der Waals surface area contributed by atoms with Gasteiger partial charge in [-0.3, -0.25) is 9.59 Å². The van der Waals surface area contributed by atoms with Crippen molar-refractivity contribution >= 4 is 11.6 Å². The van der Waals surface area contributed by atoms with Crippen LogP contribution in [0.15, 0.2) is 0 Å². The minimum absolute atomic E-state index is 0.213. The highest BCUT2D eigenvalue weighted by Gasteiger charge is 2.62. The zero-order valence-corrected chi connectivity index (χ0v) is 21.2. The molecule has 0 aromatic rings. The number of hydrogen-bond donors (Lipinski definition) is 0. The van der Waals surface area contributed by atoms with Crippen molar-refractivity contribution in [2.45, 2.75) is 112 Å². The van der Waals surface area contributed by atoms with Crippen LogP contribution in [0.5, 0.6) is 0 Å². The first-order chi connectivity index (χ1) is 14.6. The average Bonchev–Trinajstić information content (AvgIpc) is 2.98. The Bertz CT molecular complexity index is 695. The van der Waals surface area contributed by atoms with Gasteiger partial charge in [0.25, 0.3) is 0 Å². The van der Waals surface area contributed by atoms with Crippen LogP contribution in [0.1, 0.15) is 112 Å². The highest BCUT2D eigenvalue weighted by molar-refractivity contribution is 5.85. The molecular weight excluding hydrogens is 380 g/mol. The lowest BCUT2D eigenvalue weighted by molar-refractivity contribution is -0.141. The second-order valence-corrected chi connectivity index (χ2v) is 13.1. The average molecular weight is 429 g/mol. The minimum Gasteiger partial charge on any atom is -0.300 e. The molecule has 4 saturated carbocycles. The van der Waals surface area contributed by atoms with Crippen LogP contribution in [0, 0.1) is 58.2 Å². The van der Waals surface area contributed by atoms with Crippen LogP contribution in [-0.2, 0) is 9.59 Å². The molecule has 4 aliphatic rings. The maximum Gasteiger partial charge on any atom is 0.137 e. The summed E-state index contributed by atoms with van der Waals surface area (Å²) in [5.41, 5.74) is 0.557. The lowest BCUT2D eigenvalue weighted by Crippen LogP contribution is -2.53. The van der Waals surface area contributed by atoms with Crippen molar-refractivity contribution in [1.29, 1.82) is 0 Å². The Morgan fingerprint density at radius 1 is 0.903 bits per heavy atom. The van der Waals surface area contributed by atoms with Gasteiger partial charge in [-0.15, -0.1) is 0 Å². The van der Waals surface area contributed by atoms with E-state index >= 15 is 0 Å². The topological polar surface area (TPSA) is 34.1 Å². The Labute approximate surface area is 191 Å². The van der Waals surface area contributed by atoms with Gasteiger partial charge in [0.05, 0.1) is 0 Å². The van der Waals surface area contributed by atoms with Gasteiger partial charge in [0.15, 0.2) is 0 Å². The normalized spacial score (nSPS) is 44.5. The zero-order valence-electron chi connectivity index (χ0n) is 21.2. The van der Waals surface area contributed by atoms with Crippen molar-refractivity contribution in [3.63, 3.8) is 0 Å². The molecule has 0 spiro atoms. The number of carbonyl (C=O) groups is 2. The highest BCUT2D eigenvalue weighted by atomic mass is 16.1. The van der Waals surface area contributed by atoms with Gasteiger partial charge in [0.1, 0.15) is 11.6 Å². The summed E-state index contributed by atoms with van der Waals surface area (Å²) < 4.78 is 0. The quantitative estimate of drug-likeness (QED) is 0.439. The van der Waals surface area contributed by atoms with Crippen LogP contribution in [0.3, 0.4) is 0 Å². The molecule has 4 rings (SSSR count). The van der Waals surface area contributed by atoms with Crippen LogP contribution in [0.25, 0.3) is 0 Å². The van der Waals surface area contributed by atoms with E-state index in [0.717, 1.165) is 43.4 Å². The van der Waals surface area contributed by atoms with E-state index in [4.69, 9.17) is 0 Å². The van der Waals surface area contributed by atoms with E-state index in [1.54, 1.807) is 0 Å². The summed E-state index contributed by atoms with van der Waals surface area (Å²) in [6.45, 7) is 14.4. The van der Waals surface area contributed by atoms with Crippen molar-refractivity contribution in [2.75, 3.05) is 0 Å². The van der Waals surface area contributed by atoms with Crippen molar-refractivity contribution in [2.24, 2.45) is 58.2 Å². The third kappa shape index (κ3) is 3.86. The minimum atomic E-state index is 0.213. The van der Waals surface area contributed by atoms with Crippen LogP contribution in [0.4, 0.5) is 0 Å². The second kappa shape index (κ2) is 8.60.